The summed E-state index contributed by atoms with van der Waals surface area (Å²) in [5, 5.41) is 104. The van der Waals surface area contributed by atoms with Crippen LogP contribution < -0.4 is 119 Å². The first kappa shape index (κ1) is 105. The minimum Gasteiger partial charge on any atom is -0.480 e. The topological polar surface area (TPSA) is 809 Å². The van der Waals surface area contributed by atoms with Crippen LogP contribution in [0.3, 0.4) is 0 Å². The molecule has 16 amide bonds. The summed E-state index contributed by atoms with van der Waals surface area (Å²) in [6, 6.07) is -12.6. The van der Waals surface area contributed by atoms with Crippen LogP contribution in [0.2, 0.25) is 0 Å². The summed E-state index contributed by atoms with van der Waals surface area (Å²) in [5.74, 6) is -19.5. The van der Waals surface area contributed by atoms with E-state index in [1.807, 2.05) is 0 Å². The monoisotopic (exact) mass is 1750 g/mol. The number of carboxylic acid groups (broad SMARTS) is 1. The first-order valence-electron chi connectivity index (χ1n) is 40.3. The van der Waals surface area contributed by atoms with E-state index in [9.17, 15) is 102 Å². The van der Waals surface area contributed by atoms with E-state index in [1.54, 1.807) is 71.9 Å². The Kier molecular flexibility index (Phi) is 46.2. The van der Waals surface area contributed by atoms with E-state index in [-0.39, 0.29) is 109 Å². The smallest absolute Gasteiger partial charge is 0.326 e. The molecule has 1 fully saturated rings. The Labute approximate surface area is 715 Å². The molecule has 0 bridgehead atoms. The first-order chi connectivity index (χ1) is 58.5. The number of aromatic nitrogens is 2. The second-order valence-electron chi connectivity index (χ2n) is 30.5. The molecule has 35 N–H and O–H groups in total. The van der Waals surface area contributed by atoms with Crippen molar-refractivity contribution in [2.24, 2.45) is 46.4 Å². The van der Waals surface area contributed by atoms with Crippen LogP contribution in [0.25, 0.3) is 0 Å². The minimum absolute atomic E-state index is 0.0192. The molecule has 690 valence electrons. The van der Waals surface area contributed by atoms with Crippen molar-refractivity contribution in [1.82, 2.24) is 105 Å². The highest BCUT2D eigenvalue weighted by atomic mass is 16.4. The summed E-state index contributed by atoms with van der Waals surface area (Å²) in [6.07, 6.45) is 1.53. The van der Waals surface area contributed by atoms with Crippen LogP contribution in [-0.2, 0) is 94.3 Å². The highest BCUT2D eigenvalue weighted by Gasteiger charge is 2.42. The number of imidazole rings is 1. The molecule has 0 aliphatic carbocycles. The molecule has 1 aliphatic heterocycles. The van der Waals surface area contributed by atoms with Gasteiger partial charge in [0.05, 0.1) is 44.9 Å². The molecule has 2 heterocycles. The number of aliphatic carboxylic acids is 1. The Morgan fingerprint density at radius 2 is 0.903 bits per heavy atom. The lowest BCUT2D eigenvalue weighted by molar-refractivity contribution is -0.142. The average molecular weight is 1750 g/mol. The predicted octanol–water partition coefficient (Wildman–Crippen LogP) is -10.9. The van der Waals surface area contributed by atoms with Gasteiger partial charge in [-0.2, -0.15) is 0 Å². The van der Waals surface area contributed by atoms with Gasteiger partial charge in [-0.1, -0.05) is 71.9 Å². The average Bonchev–Trinajstić information content (AvgIpc) is 1.64. The number of carboxylic acids is 1. The normalized spacial score (nSPS) is 15.4. The number of likely N-dealkylation sites (tertiary alicyclic amines) is 1. The zero-order valence-corrected chi connectivity index (χ0v) is 70.4. The fourth-order valence-corrected chi connectivity index (χ4v) is 12.4. The molecular weight excluding hydrogens is 1630 g/mol. The van der Waals surface area contributed by atoms with Crippen LogP contribution >= 0.6 is 0 Å². The van der Waals surface area contributed by atoms with Crippen molar-refractivity contribution in [2.45, 2.75) is 217 Å². The number of aliphatic hydroxyl groups is 3. The van der Waals surface area contributed by atoms with Gasteiger partial charge in [-0.15, -0.1) is 0 Å². The van der Waals surface area contributed by atoms with Crippen LogP contribution in [0, 0.1) is 34.0 Å². The van der Waals surface area contributed by atoms with E-state index >= 15 is 0 Å². The third kappa shape index (κ3) is 38.4. The number of aliphatic hydroxyl groups excluding tert-OH is 3. The Morgan fingerprint density at radius 3 is 1.36 bits per heavy atom. The standard InChI is InChI=1S/C75H124N28O21/c1-37(2)27-48(93-56(109)31-88-59(110)40(7)91-61(112)45(18-12-24-86-74(80)81)95-66(117)51(34-105)100-67(118)52(35-106)99-62(113)46(19-13-25-87-75(82)83)94-60(111)43(76)33-104)65(116)96-47(21-22-54(77)107)63(114)97-49(28-41-15-9-8-10-16-41)71(122)103-26-14-20-53(103)68(119)102-57(38(3)4)69(120)89-32-55(108)92-44(17-11-23-85-73(78)79)64(115)101-58(39(5)6)70(121)98-50(72(123)124)29-42-30-84-36-90-42/h8-10,15-16,30,36-40,43-53,57-58,104-106H,11-14,17-29,31-35,76H2,1-7H3,(H2,77,107)(H,84,90)(H,88,110)(H,89,120)(H,91,112)(H,92,108)(H,93,109)(H,94,111)(H,95,117)(H,96,116)(H,97,114)(H,98,121)(H,99,113)(H,100,118)(H,101,115)(H,102,119)(H,123,124)(H4,78,79,85)(H4,80,81,86)(H4,82,83,87)/t40-,43-,44-,45-,46-,47-,48-,49-,50-,51-,52-,53-,57-,58-/m0/s1. The largest absolute Gasteiger partial charge is 0.480 e. The molecule has 1 aromatic heterocycles. The van der Waals surface area contributed by atoms with E-state index in [0.717, 1.165) is 0 Å². The third-order valence-corrected chi connectivity index (χ3v) is 19.1. The number of hydrogen-bond donors (Lipinski definition) is 30. The number of carbonyl (C=O) groups is 17. The summed E-state index contributed by atoms with van der Waals surface area (Å²) >= 11 is 0. The van der Waals surface area contributed by atoms with Crippen LogP contribution in [0.15, 0.2) is 42.9 Å². The number of guanidine groups is 3. The predicted molar refractivity (Wildman–Crippen MR) is 444 cm³/mol. The second-order valence-corrected chi connectivity index (χ2v) is 30.5. The van der Waals surface area contributed by atoms with Gasteiger partial charge in [0.1, 0.15) is 84.6 Å². The van der Waals surface area contributed by atoms with Crippen LogP contribution in [0.5, 0.6) is 0 Å². The van der Waals surface area contributed by atoms with Gasteiger partial charge in [0.2, 0.25) is 94.5 Å². The molecule has 3 rings (SSSR count). The first-order valence-corrected chi connectivity index (χ1v) is 40.3. The molecule has 49 heteroatoms. The number of nitrogens with zero attached hydrogens (tertiary/aromatic N) is 2. The third-order valence-electron chi connectivity index (χ3n) is 19.1. The quantitative estimate of drug-likeness (QED) is 0.0166. The maximum Gasteiger partial charge on any atom is 0.326 e. The number of benzene rings is 1. The summed E-state index contributed by atoms with van der Waals surface area (Å²) < 4.78 is 0. The Balaban J connectivity index is 1.79. The number of H-pyrrole nitrogens is 1. The molecule has 1 aliphatic rings. The maximum atomic E-state index is 15.0. The number of aromatic amines is 1. The highest BCUT2D eigenvalue weighted by molar-refractivity contribution is 6.01. The minimum atomic E-state index is -1.87. The molecular formula is C75H124N28O21. The van der Waals surface area contributed by atoms with Gasteiger partial charge in [0, 0.05) is 51.6 Å². The van der Waals surface area contributed by atoms with Crippen molar-refractivity contribution >= 4 is 118 Å². The van der Waals surface area contributed by atoms with E-state index in [1.165, 1.54) is 24.3 Å². The van der Waals surface area contributed by atoms with Crippen LogP contribution in [0.1, 0.15) is 130 Å². The van der Waals surface area contributed by atoms with Crippen molar-refractivity contribution < 1.29 is 102 Å². The molecule has 14 atom stereocenters. The maximum absolute atomic E-state index is 15.0. The number of rotatable bonds is 56. The summed E-state index contributed by atoms with van der Waals surface area (Å²) in [7, 11) is 0. The molecule has 0 unspecified atom stereocenters. The van der Waals surface area contributed by atoms with Crippen LogP contribution in [-0.4, -0.2) is 297 Å². The molecule has 0 saturated carbocycles. The van der Waals surface area contributed by atoms with E-state index in [2.05, 4.69) is 100 Å². The summed E-state index contributed by atoms with van der Waals surface area (Å²) in [4.78, 5) is 240. The molecule has 1 aromatic carbocycles. The SMILES string of the molecule is CC(C)C[C@H](NC(=O)CNC(=O)[C@H](C)NC(=O)[C@H](CCCNC(=N)N)NC(=O)[C@H](CO)NC(=O)[C@H](CO)NC(=O)[C@H](CCCNC(=N)N)NC(=O)[C@@H](N)CO)C(=O)N[C@@H](CCC(N)=O)C(=O)N[C@@H](Cc1ccccc1)C(=O)N1CCC[C@H]1C(=O)N[C@H](C(=O)NCC(=O)N[C@@H](CCCNC(=N)N)C(=O)N[C@H](C(=O)N[C@@H](Cc1c[nH]cn1)C(=O)O)C(C)C)C(C)C. The lowest BCUT2D eigenvalue weighted by Crippen LogP contribution is -2.61. The molecule has 124 heavy (non-hydrogen) atoms. The summed E-state index contributed by atoms with van der Waals surface area (Å²) in [6.45, 7) is 6.47. The van der Waals surface area contributed by atoms with E-state index in [0.29, 0.717) is 11.3 Å². The summed E-state index contributed by atoms with van der Waals surface area (Å²) in [5.41, 5.74) is 28.2. The number of nitrogens with one attached hydrogen (secondary N) is 21. The van der Waals surface area contributed by atoms with Gasteiger partial charge in [0.25, 0.3) is 0 Å². The molecule has 2 aromatic rings. The van der Waals surface area contributed by atoms with Gasteiger partial charge >= 0.3 is 5.97 Å². The molecule has 49 nitrogen and oxygen atoms in total. The van der Waals surface area contributed by atoms with Crippen LogP contribution in [0.4, 0.5) is 0 Å². The number of amides is 16. The Morgan fingerprint density at radius 1 is 0.476 bits per heavy atom. The second kappa shape index (κ2) is 54.5. The van der Waals surface area contributed by atoms with Crippen molar-refractivity contribution in [1.29, 1.82) is 16.2 Å². The van der Waals surface area contributed by atoms with Crippen molar-refractivity contribution in [3.8, 4) is 0 Å². The van der Waals surface area contributed by atoms with E-state index in [4.69, 9.17) is 44.9 Å². The number of hydrogen-bond acceptors (Lipinski definition) is 25. The highest BCUT2D eigenvalue weighted by Crippen LogP contribution is 2.22. The van der Waals surface area contributed by atoms with Gasteiger partial charge in [-0.3, -0.25) is 92.9 Å². The molecule has 0 spiro atoms. The van der Waals surface area contributed by atoms with Crippen molar-refractivity contribution in [3.05, 3.63) is 54.1 Å². The van der Waals surface area contributed by atoms with Crippen molar-refractivity contribution in [2.75, 3.05) is 59.1 Å². The van der Waals surface area contributed by atoms with Gasteiger partial charge in [-0.25, -0.2) is 9.78 Å². The fraction of sp³-hybridized carbons (Fsp3) is 0.613. The molecule has 1 saturated heterocycles. The fourth-order valence-electron chi connectivity index (χ4n) is 12.4. The lowest BCUT2D eigenvalue weighted by Gasteiger charge is -2.31. The Bertz CT molecular complexity index is 3970. The zero-order valence-electron chi connectivity index (χ0n) is 70.4. The lowest BCUT2D eigenvalue weighted by atomic mass is 10.0. The zero-order chi connectivity index (χ0) is 93.0. The van der Waals surface area contributed by atoms with Gasteiger partial charge in [0.15, 0.2) is 17.9 Å². The van der Waals surface area contributed by atoms with Gasteiger partial charge in [-0.05, 0) is 94.4 Å². The van der Waals surface area contributed by atoms with Gasteiger partial charge < -0.3 is 149 Å². The van der Waals surface area contributed by atoms with E-state index < -0.39 is 255 Å². The number of nitrogens with two attached hydrogens (primary N) is 5. The number of carbonyl (C=O) groups excluding carboxylic acids is 16. The molecule has 0 radical (unpaired) electrons. The number of primary amides is 1. The Hall–Kier alpha value is -12.9. The van der Waals surface area contributed by atoms with Crippen molar-refractivity contribution in [3.63, 3.8) is 0 Å².